The predicted molar refractivity (Wildman–Crippen MR) is 80.7 cm³/mol. The first-order valence-corrected chi connectivity index (χ1v) is 7.38. The van der Waals surface area contributed by atoms with Crippen molar-refractivity contribution < 1.29 is 4.74 Å². The molecular weight excluding hydrogens is 266 g/mol. The van der Waals surface area contributed by atoms with Crippen LogP contribution in [0.4, 0.5) is 5.69 Å². The van der Waals surface area contributed by atoms with Gasteiger partial charge in [0.1, 0.15) is 5.75 Å². The maximum Gasteiger partial charge on any atom is 0.182 e. The molecule has 6 nitrogen and oxygen atoms in total. The van der Waals surface area contributed by atoms with Gasteiger partial charge in [-0.05, 0) is 40.8 Å². The van der Waals surface area contributed by atoms with E-state index in [1.165, 1.54) is 19.3 Å². The number of anilines is 1. The quantitative estimate of drug-likeness (QED) is 0.873. The first-order chi connectivity index (χ1) is 10.2. The van der Waals surface area contributed by atoms with Crippen LogP contribution in [0.15, 0.2) is 18.2 Å². The minimum absolute atomic E-state index is 0.646. The lowest BCUT2D eigenvalue weighted by Gasteiger charge is -2.15. The van der Waals surface area contributed by atoms with Crippen molar-refractivity contribution in [3.05, 3.63) is 18.2 Å². The van der Waals surface area contributed by atoms with Crippen molar-refractivity contribution in [2.24, 2.45) is 11.8 Å². The average Bonchev–Trinajstić information content (AvgIpc) is 3.08. The van der Waals surface area contributed by atoms with E-state index in [9.17, 15) is 0 Å². The maximum atomic E-state index is 5.92. The molecule has 0 aliphatic heterocycles. The molecule has 112 valence electrons. The fourth-order valence-electron chi connectivity index (χ4n) is 3.12. The van der Waals surface area contributed by atoms with Crippen molar-refractivity contribution >= 4 is 5.69 Å². The van der Waals surface area contributed by atoms with Gasteiger partial charge in [-0.1, -0.05) is 19.8 Å². The molecule has 2 aromatic rings. The first-order valence-electron chi connectivity index (χ1n) is 7.38. The Morgan fingerprint density at radius 3 is 2.90 bits per heavy atom. The molecule has 1 aliphatic rings. The van der Waals surface area contributed by atoms with Gasteiger partial charge in [-0.3, -0.25) is 0 Å². The Balaban J connectivity index is 1.89. The number of rotatable bonds is 4. The lowest BCUT2D eigenvalue weighted by Crippen LogP contribution is -2.15. The Bertz CT molecular complexity index is 624. The topological polar surface area (TPSA) is 78.8 Å². The summed E-state index contributed by atoms with van der Waals surface area (Å²) in [4.78, 5) is 0. The Kier molecular flexibility index (Phi) is 3.77. The van der Waals surface area contributed by atoms with Gasteiger partial charge in [-0.2, -0.15) is 0 Å². The fourth-order valence-corrected chi connectivity index (χ4v) is 3.12. The Morgan fingerprint density at radius 2 is 2.19 bits per heavy atom. The number of hydrogen-bond acceptors (Lipinski definition) is 5. The lowest BCUT2D eigenvalue weighted by atomic mass is 9.98. The molecule has 1 aromatic heterocycles. The summed E-state index contributed by atoms with van der Waals surface area (Å²) in [6, 6.07) is 5.58. The molecule has 0 spiro atoms. The van der Waals surface area contributed by atoms with E-state index >= 15 is 0 Å². The van der Waals surface area contributed by atoms with Crippen LogP contribution in [-0.2, 0) is 6.54 Å². The summed E-state index contributed by atoms with van der Waals surface area (Å²) >= 11 is 0. The third-order valence-electron chi connectivity index (χ3n) is 4.40. The van der Waals surface area contributed by atoms with Crippen LogP contribution in [0.5, 0.6) is 5.75 Å². The molecule has 1 saturated carbocycles. The molecule has 21 heavy (non-hydrogen) atoms. The number of benzene rings is 1. The summed E-state index contributed by atoms with van der Waals surface area (Å²) in [5.74, 6) is 2.85. The van der Waals surface area contributed by atoms with E-state index in [1.807, 2.05) is 16.8 Å². The van der Waals surface area contributed by atoms with Crippen molar-refractivity contribution in [2.75, 3.05) is 12.8 Å². The van der Waals surface area contributed by atoms with Crippen LogP contribution in [0.2, 0.25) is 0 Å². The van der Waals surface area contributed by atoms with Gasteiger partial charge >= 0.3 is 0 Å². The summed E-state index contributed by atoms with van der Waals surface area (Å²) < 4.78 is 7.16. The molecule has 1 heterocycles. The molecule has 0 amide bonds. The molecule has 2 N–H and O–H groups in total. The van der Waals surface area contributed by atoms with Crippen molar-refractivity contribution in [1.82, 2.24) is 20.2 Å². The van der Waals surface area contributed by atoms with E-state index < -0.39 is 0 Å². The van der Waals surface area contributed by atoms with Crippen LogP contribution >= 0.6 is 0 Å². The van der Waals surface area contributed by atoms with E-state index in [2.05, 4.69) is 22.4 Å². The minimum atomic E-state index is 0.646. The summed E-state index contributed by atoms with van der Waals surface area (Å²) in [5, 5.41) is 12.1. The second-order valence-electron chi connectivity index (χ2n) is 5.85. The SMILES string of the molecule is COc1cc(N)cc(-c2nnnn2CC2CCCC2C)c1. The molecule has 1 aromatic carbocycles. The van der Waals surface area contributed by atoms with Gasteiger partial charge in [0.2, 0.25) is 0 Å². The van der Waals surface area contributed by atoms with Gasteiger partial charge in [0.25, 0.3) is 0 Å². The van der Waals surface area contributed by atoms with Crippen molar-refractivity contribution in [3.8, 4) is 17.1 Å². The standard InChI is InChI=1S/C15H21N5O/c1-10-4-3-5-11(10)9-20-15(17-18-19-20)12-6-13(16)8-14(7-12)21-2/h6-8,10-11H,3-5,9,16H2,1-2H3. The minimum Gasteiger partial charge on any atom is -0.497 e. The van der Waals surface area contributed by atoms with Gasteiger partial charge in [0, 0.05) is 23.9 Å². The van der Waals surface area contributed by atoms with Crippen LogP contribution in [0, 0.1) is 11.8 Å². The van der Waals surface area contributed by atoms with Gasteiger partial charge in [0.15, 0.2) is 5.82 Å². The summed E-state index contributed by atoms with van der Waals surface area (Å²) in [5.41, 5.74) is 7.46. The van der Waals surface area contributed by atoms with Crippen molar-refractivity contribution in [1.29, 1.82) is 0 Å². The largest absolute Gasteiger partial charge is 0.497 e. The van der Waals surface area contributed by atoms with Crippen LogP contribution in [0.1, 0.15) is 26.2 Å². The monoisotopic (exact) mass is 287 g/mol. The zero-order valence-electron chi connectivity index (χ0n) is 12.5. The van der Waals surface area contributed by atoms with E-state index in [0.717, 1.165) is 23.9 Å². The Labute approximate surface area is 124 Å². The highest BCUT2D eigenvalue weighted by atomic mass is 16.5. The summed E-state index contributed by atoms with van der Waals surface area (Å²) in [6.07, 6.45) is 3.85. The number of tetrazole rings is 1. The van der Waals surface area contributed by atoms with E-state index in [0.29, 0.717) is 17.4 Å². The molecule has 2 atom stereocenters. The van der Waals surface area contributed by atoms with Crippen LogP contribution < -0.4 is 10.5 Å². The highest BCUT2D eigenvalue weighted by Crippen LogP contribution is 2.33. The number of ether oxygens (including phenoxy) is 1. The van der Waals surface area contributed by atoms with Crippen LogP contribution in [-0.4, -0.2) is 27.3 Å². The van der Waals surface area contributed by atoms with Gasteiger partial charge < -0.3 is 10.5 Å². The third kappa shape index (κ3) is 2.84. The normalized spacial score (nSPS) is 21.6. The molecule has 0 saturated heterocycles. The molecule has 3 rings (SSSR count). The number of nitrogens with two attached hydrogens (primary N) is 1. The number of nitrogen functional groups attached to an aromatic ring is 1. The highest BCUT2D eigenvalue weighted by molar-refractivity contribution is 5.64. The fraction of sp³-hybridized carbons (Fsp3) is 0.533. The zero-order valence-corrected chi connectivity index (χ0v) is 12.5. The highest BCUT2D eigenvalue weighted by Gasteiger charge is 2.25. The second kappa shape index (κ2) is 5.71. The maximum absolute atomic E-state index is 5.92. The Morgan fingerprint density at radius 1 is 1.33 bits per heavy atom. The number of methoxy groups -OCH3 is 1. The van der Waals surface area contributed by atoms with E-state index in [1.54, 1.807) is 13.2 Å². The van der Waals surface area contributed by atoms with E-state index in [-0.39, 0.29) is 0 Å². The van der Waals surface area contributed by atoms with Crippen molar-refractivity contribution in [2.45, 2.75) is 32.7 Å². The summed E-state index contributed by atoms with van der Waals surface area (Å²) in [7, 11) is 1.63. The smallest absolute Gasteiger partial charge is 0.182 e. The molecule has 0 radical (unpaired) electrons. The Hall–Kier alpha value is -2.11. The molecule has 1 fully saturated rings. The molecule has 2 unspecified atom stereocenters. The number of aromatic nitrogens is 4. The zero-order chi connectivity index (χ0) is 14.8. The first kappa shape index (κ1) is 13.9. The van der Waals surface area contributed by atoms with Gasteiger partial charge in [-0.25, -0.2) is 4.68 Å². The van der Waals surface area contributed by atoms with Crippen molar-refractivity contribution in [3.63, 3.8) is 0 Å². The van der Waals surface area contributed by atoms with Crippen LogP contribution in [0.3, 0.4) is 0 Å². The number of nitrogens with zero attached hydrogens (tertiary/aromatic N) is 4. The third-order valence-corrected chi connectivity index (χ3v) is 4.40. The average molecular weight is 287 g/mol. The van der Waals surface area contributed by atoms with Crippen LogP contribution in [0.25, 0.3) is 11.4 Å². The molecular formula is C15H21N5O. The number of hydrogen-bond donors (Lipinski definition) is 1. The van der Waals surface area contributed by atoms with Gasteiger partial charge in [0.05, 0.1) is 7.11 Å². The lowest BCUT2D eigenvalue weighted by molar-refractivity contribution is 0.346. The molecule has 0 bridgehead atoms. The molecule has 1 aliphatic carbocycles. The second-order valence-corrected chi connectivity index (χ2v) is 5.85. The summed E-state index contributed by atoms with van der Waals surface area (Å²) in [6.45, 7) is 3.17. The molecule has 6 heteroatoms. The predicted octanol–water partition coefficient (Wildman–Crippen LogP) is 2.37. The van der Waals surface area contributed by atoms with Gasteiger partial charge in [-0.15, -0.1) is 5.10 Å². The van der Waals surface area contributed by atoms with E-state index in [4.69, 9.17) is 10.5 Å².